The minimum absolute atomic E-state index is 0.0670. The number of fused-ring (bicyclic) bond motifs is 1. The van der Waals surface area contributed by atoms with Gasteiger partial charge in [-0.05, 0) is 41.5 Å². The molecule has 3 aromatic carbocycles. The van der Waals surface area contributed by atoms with Crippen molar-refractivity contribution in [2.24, 2.45) is 11.8 Å². The Kier molecular flexibility index (Phi) is 10.9. The van der Waals surface area contributed by atoms with Gasteiger partial charge in [0.15, 0.2) is 0 Å². The van der Waals surface area contributed by atoms with Crippen LogP contribution < -0.4 is 16.0 Å². The summed E-state index contributed by atoms with van der Waals surface area (Å²) in [5, 5.41) is 17.2. The molecule has 10 heteroatoms. The molecule has 43 heavy (non-hydrogen) atoms. The van der Waals surface area contributed by atoms with E-state index in [1.807, 2.05) is 98.8 Å². The topological polar surface area (TPSA) is 127 Å². The van der Waals surface area contributed by atoms with Crippen LogP contribution in [0.2, 0.25) is 0 Å². The summed E-state index contributed by atoms with van der Waals surface area (Å²) in [5.41, 5.74) is 3.22. The number of hydrogen-bond acceptors (Lipinski definition) is 6. The molecule has 3 atom stereocenters. The predicted octanol–water partition coefficient (Wildman–Crippen LogP) is 4.77. The minimum atomic E-state index is -0.967. The van der Waals surface area contributed by atoms with E-state index in [0.29, 0.717) is 6.42 Å². The summed E-state index contributed by atoms with van der Waals surface area (Å²) >= 11 is 0. The Hall–Kier alpha value is -4.73. The van der Waals surface area contributed by atoms with Crippen molar-refractivity contribution in [2.75, 3.05) is 0 Å². The Morgan fingerprint density at radius 2 is 1.40 bits per heavy atom. The van der Waals surface area contributed by atoms with Gasteiger partial charge in [-0.1, -0.05) is 106 Å². The number of rotatable bonds is 13. The fourth-order valence-corrected chi connectivity index (χ4v) is 4.79. The molecule has 0 aliphatic carbocycles. The largest absolute Gasteiger partial charge is 0.445 e. The monoisotopic (exact) mass is 584 g/mol. The molecule has 0 bridgehead atoms. The Labute approximate surface area is 252 Å². The molecule has 0 fully saturated rings. The molecule has 1 aromatic heterocycles. The highest BCUT2D eigenvalue weighted by Crippen LogP contribution is 2.20. The van der Waals surface area contributed by atoms with Crippen LogP contribution in [0.25, 0.3) is 11.0 Å². The van der Waals surface area contributed by atoms with Gasteiger partial charge < -0.3 is 20.7 Å². The lowest BCUT2D eigenvalue weighted by molar-refractivity contribution is -0.131. The number of aromatic nitrogens is 3. The molecule has 4 rings (SSSR count). The zero-order valence-electron chi connectivity index (χ0n) is 25.1. The molecule has 0 spiro atoms. The molecule has 0 radical (unpaired) electrons. The van der Waals surface area contributed by atoms with Crippen LogP contribution in [0.15, 0.2) is 84.9 Å². The van der Waals surface area contributed by atoms with Crippen molar-refractivity contribution in [3.63, 3.8) is 0 Å². The molecule has 3 unspecified atom stereocenters. The molecule has 0 aliphatic heterocycles. The molecular formula is C33H40N6O4. The maximum absolute atomic E-state index is 13.7. The number of alkyl carbamates (subject to hydrolysis) is 1. The van der Waals surface area contributed by atoms with Gasteiger partial charge in [-0.2, -0.15) is 0 Å². The van der Waals surface area contributed by atoms with E-state index in [9.17, 15) is 14.4 Å². The number of carbonyl (C=O) groups is 3. The standard InChI is InChI=1S/C33H40N6O4/c1-22(2)19-29(39-28-18-12-11-17-26(28)37-38-39)35-32(41)30(23(3)4)36-31(40)27(20-24-13-7-5-8-14-24)34-33(42)43-21-25-15-9-6-10-16-25/h5-18,22-23,27,29-30H,19-21H2,1-4H3,(H,34,42)(H,35,41)(H,36,40). The molecule has 4 aromatic rings. The summed E-state index contributed by atoms with van der Waals surface area (Å²) in [6.45, 7) is 7.92. The second-order valence-electron chi connectivity index (χ2n) is 11.4. The minimum Gasteiger partial charge on any atom is -0.445 e. The molecule has 3 amide bonds. The van der Waals surface area contributed by atoms with Crippen LogP contribution in [0.5, 0.6) is 0 Å². The second kappa shape index (κ2) is 14.9. The normalized spacial score (nSPS) is 13.3. The van der Waals surface area contributed by atoms with Crippen molar-refractivity contribution in [1.29, 1.82) is 0 Å². The summed E-state index contributed by atoms with van der Waals surface area (Å²) in [7, 11) is 0. The van der Waals surface area contributed by atoms with Gasteiger partial charge in [0.25, 0.3) is 0 Å². The Morgan fingerprint density at radius 1 is 0.767 bits per heavy atom. The number of para-hydroxylation sites is 1. The molecule has 1 heterocycles. The molecule has 226 valence electrons. The molecule has 3 N–H and O–H groups in total. The van der Waals surface area contributed by atoms with Crippen molar-refractivity contribution in [3.8, 4) is 0 Å². The van der Waals surface area contributed by atoms with Crippen LogP contribution in [0.3, 0.4) is 0 Å². The van der Waals surface area contributed by atoms with Gasteiger partial charge in [0.05, 0.1) is 5.52 Å². The number of hydrogen-bond donors (Lipinski definition) is 3. The van der Waals surface area contributed by atoms with E-state index in [4.69, 9.17) is 4.74 Å². The first-order chi connectivity index (χ1) is 20.7. The van der Waals surface area contributed by atoms with E-state index in [1.54, 1.807) is 4.68 Å². The zero-order chi connectivity index (χ0) is 30.8. The highest BCUT2D eigenvalue weighted by molar-refractivity contribution is 5.91. The van der Waals surface area contributed by atoms with Gasteiger partial charge in [0, 0.05) is 6.42 Å². The van der Waals surface area contributed by atoms with Crippen molar-refractivity contribution < 1.29 is 19.1 Å². The van der Waals surface area contributed by atoms with Gasteiger partial charge in [0.2, 0.25) is 11.8 Å². The summed E-state index contributed by atoms with van der Waals surface area (Å²) in [4.78, 5) is 40.1. The maximum atomic E-state index is 13.7. The van der Waals surface area contributed by atoms with Crippen LogP contribution in [-0.4, -0.2) is 45.0 Å². The summed E-state index contributed by atoms with van der Waals surface area (Å²) in [6.07, 6.45) is -0.353. The van der Waals surface area contributed by atoms with Crippen LogP contribution >= 0.6 is 0 Å². The molecule has 0 saturated carbocycles. The van der Waals surface area contributed by atoms with Crippen LogP contribution in [0, 0.1) is 11.8 Å². The Bertz CT molecular complexity index is 1490. The van der Waals surface area contributed by atoms with Gasteiger partial charge in [-0.15, -0.1) is 5.10 Å². The Balaban J connectivity index is 1.49. The lowest BCUT2D eigenvalue weighted by atomic mass is 10.0. The molecule has 0 aliphatic rings. The molecular weight excluding hydrogens is 544 g/mol. The van der Waals surface area contributed by atoms with E-state index in [2.05, 4.69) is 40.1 Å². The van der Waals surface area contributed by atoms with Crippen molar-refractivity contribution in [2.45, 2.75) is 65.4 Å². The fraction of sp³-hybridized carbons (Fsp3) is 0.364. The van der Waals surface area contributed by atoms with Crippen molar-refractivity contribution in [3.05, 3.63) is 96.1 Å². The number of amides is 3. The Morgan fingerprint density at radius 3 is 2.05 bits per heavy atom. The fourth-order valence-electron chi connectivity index (χ4n) is 4.79. The van der Waals surface area contributed by atoms with E-state index in [-0.39, 0.29) is 30.8 Å². The highest BCUT2D eigenvalue weighted by atomic mass is 16.5. The van der Waals surface area contributed by atoms with Gasteiger partial charge in [-0.25, -0.2) is 9.48 Å². The third-order valence-electron chi connectivity index (χ3n) is 7.03. The average Bonchev–Trinajstić information content (AvgIpc) is 3.43. The van der Waals surface area contributed by atoms with Crippen LogP contribution in [0.4, 0.5) is 4.79 Å². The first-order valence-electron chi connectivity index (χ1n) is 14.6. The second-order valence-corrected chi connectivity index (χ2v) is 11.4. The smallest absolute Gasteiger partial charge is 0.408 e. The quantitative estimate of drug-likeness (QED) is 0.208. The average molecular weight is 585 g/mol. The van der Waals surface area contributed by atoms with Gasteiger partial charge in [0.1, 0.15) is 30.4 Å². The first kappa shape index (κ1) is 31.2. The highest BCUT2D eigenvalue weighted by Gasteiger charge is 2.31. The third-order valence-corrected chi connectivity index (χ3v) is 7.03. The first-order valence-corrected chi connectivity index (χ1v) is 14.6. The number of nitrogens with zero attached hydrogens (tertiary/aromatic N) is 3. The zero-order valence-corrected chi connectivity index (χ0v) is 25.1. The summed E-state index contributed by atoms with van der Waals surface area (Å²) in [6, 6.07) is 24.4. The lowest BCUT2D eigenvalue weighted by Crippen LogP contribution is -2.56. The number of ether oxygens (including phenoxy) is 1. The SMILES string of the molecule is CC(C)CC(NC(=O)C(NC(=O)C(Cc1ccccc1)NC(=O)OCc1ccccc1)C(C)C)n1nnc2ccccc21. The number of carbonyl (C=O) groups excluding carboxylic acids is 3. The van der Waals surface area contributed by atoms with Gasteiger partial charge >= 0.3 is 6.09 Å². The van der Waals surface area contributed by atoms with Crippen LogP contribution in [-0.2, 0) is 27.4 Å². The number of nitrogens with one attached hydrogen (secondary N) is 3. The molecule has 10 nitrogen and oxygen atoms in total. The number of benzene rings is 3. The lowest BCUT2D eigenvalue weighted by Gasteiger charge is -2.28. The third kappa shape index (κ3) is 8.88. The molecule has 0 saturated heterocycles. The summed E-state index contributed by atoms with van der Waals surface area (Å²) in [5.74, 6) is -0.820. The summed E-state index contributed by atoms with van der Waals surface area (Å²) < 4.78 is 7.10. The van der Waals surface area contributed by atoms with E-state index >= 15 is 0 Å². The van der Waals surface area contributed by atoms with E-state index in [1.165, 1.54) is 0 Å². The van der Waals surface area contributed by atoms with Crippen molar-refractivity contribution >= 4 is 28.9 Å². The maximum Gasteiger partial charge on any atom is 0.408 e. The van der Waals surface area contributed by atoms with E-state index < -0.39 is 30.2 Å². The van der Waals surface area contributed by atoms with E-state index in [0.717, 1.165) is 22.2 Å². The van der Waals surface area contributed by atoms with Gasteiger partial charge in [-0.3, -0.25) is 9.59 Å². The van der Waals surface area contributed by atoms with Crippen molar-refractivity contribution in [1.82, 2.24) is 30.9 Å². The predicted molar refractivity (Wildman–Crippen MR) is 165 cm³/mol. The van der Waals surface area contributed by atoms with Crippen LogP contribution in [0.1, 0.15) is 51.4 Å².